The van der Waals surface area contributed by atoms with Gasteiger partial charge in [0.25, 0.3) is 0 Å². The summed E-state index contributed by atoms with van der Waals surface area (Å²) in [6.07, 6.45) is 0.826. The molecule has 0 radical (unpaired) electrons. The average Bonchev–Trinajstić information content (AvgIpc) is 2.77. The Labute approximate surface area is 95.6 Å². The summed E-state index contributed by atoms with van der Waals surface area (Å²) in [5.74, 6) is 0. The molecule has 0 bridgehead atoms. The van der Waals surface area contributed by atoms with Crippen LogP contribution in [0.25, 0.3) is 0 Å². The Morgan fingerprint density at radius 3 is 2.93 bits per heavy atom. The van der Waals surface area contributed by atoms with Crippen molar-refractivity contribution in [2.45, 2.75) is 19.4 Å². The molecular formula is C9H11N3OS2. The van der Waals surface area contributed by atoms with Crippen LogP contribution in [0.3, 0.4) is 0 Å². The lowest BCUT2D eigenvalue weighted by Crippen LogP contribution is -2.21. The lowest BCUT2D eigenvalue weighted by atomic mass is 10.2. The smallest absolute Gasteiger partial charge is 0.272 e. The quantitative estimate of drug-likeness (QED) is 0.809. The van der Waals surface area contributed by atoms with Gasteiger partial charge in [-0.3, -0.25) is 9.67 Å². The van der Waals surface area contributed by atoms with Crippen molar-refractivity contribution < 1.29 is 0 Å². The van der Waals surface area contributed by atoms with Crippen LogP contribution in [-0.4, -0.2) is 14.8 Å². The number of hydrogen-bond donors (Lipinski definition) is 2. The number of nitrogens with zero attached hydrogens (tertiary/aromatic N) is 1. The van der Waals surface area contributed by atoms with Crippen LogP contribution in [0.5, 0.6) is 0 Å². The van der Waals surface area contributed by atoms with Crippen molar-refractivity contribution in [1.29, 1.82) is 0 Å². The first kappa shape index (κ1) is 10.4. The predicted octanol–water partition coefficient (Wildman–Crippen LogP) is 2.10. The lowest BCUT2D eigenvalue weighted by molar-refractivity contribution is 0.526. The lowest BCUT2D eigenvalue weighted by Gasteiger charge is -2.09. The largest absolute Gasteiger partial charge is 0.342 e. The normalized spacial score (nSPS) is 12.9. The summed E-state index contributed by atoms with van der Waals surface area (Å²) in [7, 11) is 0. The summed E-state index contributed by atoms with van der Waals surface area (Å²) >= 11 is 6.71. The topological polar surface area (TPSA) is 53.6 Å². The van der Waals surface area contributed by atoms with Gasteiger partial charge in [-0.15, -0.1) is 11.3 Å². The fraction of sp³-hybridized carbons (Fsp3) is 0.333. The molecule has 0 saturated heterocycles. The molecule has 2 N–H and O–H groups in total. The van der Waals surface area contributed by atoms with E-state index >= 15 is 0 Å². The maximum absolute atomic E-state index is 11.4. The summed E-state index contributed by atoms with van der Waals surface area (Å²) in [4.78, 5) is 12.7. The van der Waals surface area contributed by atoms with Crippen molar-refractivity contribution in [2.24, 2.45) is 0 Å². The minimum Gasteiger partial charge on any atom is -0.272 e. The van der Waals surface area contributed by atoms with E-state index in [0.717, 1.165) is 6.42 Å². The van der Waals surface area contributed by atoms with Gasteiger partial charge in [-0.2, -0.15) is 0 Å². The first-order chi connectivity index (χ1) is 7.18. The van der Waals surface area contributed by atoms with E-state index in [0.29, 0.717) is 4.77 Å². The SMILES string of the molecule is CC(Cc1cccs1)n1c(=O)[nH][nH]c1=S. The van der Waals surface area contributed by atoms with Crippen molar-refractivity contribution in [1.82, 2.24) is 14.8 Å². The molecule has 2 aromatic heterocycles. The van der Waals surface area contributed by atoms with Gasteiger partial charge in [0, 0.05) is 17.3 Å². The van der Waals surface area contributed by atoms with E-state index in [1.807, 2.05) is 18.4 Å². The standard InChI is InChI=1S/C9H11N3OS2/c1-6(5-7-3-2-4-15-7)12-8(13)10-11-9(12)14/h2-4,6H,5H2,1H3,(H,10,13)(H,11,14). The van der Waals surface area contributed by atoms with Crippen LogP contribution >= 0.6 is 23.6 Å². The fourth-order valence-corrected chi connectivity index (χ4v) is 2.67. The number of thiophene rings is 1. The summed E-state index contributed by atoms with van der Waals surface area (Å²) in [5.41, 5.74) is -0.177. The number of rotatable bonds is 3. The molecule has 0 fully saturated rings. The van der Waals surface area contributed by atoms with Gasteiger partial charge in [-0.25, -0.2) is 9.89 Å². The fourth-order valence-electron chi connectivity index (χ4n) is 1.53. The zero-order valence-corrected chi connectivity index (χ0v) is 9.82. The van der Waals surface area contributed by atoms with Crippen LogP contribution in [0, 0.1) is 4.77 Å². The van der Waals surface area contributed by atoms with Gasteiger partial charge in [-0.05, 0) is 30.6 Å². The Morgan fingerprint density at radius 1 is 1.60 bits per heavy atom. The van der Waals surface area contributed by atoms with Gasteiger partial charge >= 0.3 is 5.69 Å². The van der Waals surface area contributed by atoms with E-state index < -0.39 is 0 Å². The van der Waals surface area contributed by atoms with Gasteiger partial charge in [0.05, 0.1) is 0 Å². The van der Waals surface area contributed by atoms with Crippen LogP contribution in [-0.2, 0) is 6.42 Å². The highest BCUT2D eigenvalue weighted by Gasteiger charge is 2.10. The van der Waals surface area contributed by atoms with E-state index in [1.165, 1.54) is 4.88 Å². The average molecular weight is 241 g/mol. The Kier molecular flexibility index (Phi) is 2.88. The Bertz CT molecular complexity index is 507. The molecule has 1 atom stereocenters. The van der Waals surface area contributed by atoms with Gasteiger partial charge in [0.15, 0.2) is 4.77 Å². The minimum absolute atomic E-state index is 0.0751. The van der Waals surface area contributed by atoms with Crippen molar-refractivity contribution in [3.05, 3.63) is 37.6 Å². The van der Waals surface area contributed by atoms with E-state index in [-0.39, 0.29) is 11.7 Å². The van der Waals surface area contributed by atoms with E-state index in [2.05, 4.69) is 16.3 Å². The minimum atomic E-state index is -0.177. The van der Waals surface area contributed by atoms with Gasteiger partial charge in [0.1, 0.15) is 0 Å². The van der Waals surface area contributed by atoms with Crippen molar-refractivity contribution in [3.8, 4) is 0 Å². The van der Waals surface area contributed by atoms with E-state index in [4.69, 9.17) is 12.2 Å². The molecular weight excluding hydrogens is 230 g/mol. The maximum atomic E-state index is 11.4. The summed E-state index contributed by atoms with van der Waals surface area (Å²) < 4.78 is 2.01. The molecule has 0 aliphatic carbocycles. The number of nitrogens with one attached hydrogen (secondary N) is 2. The van der Waals surface area contributed by atoms with Crippen molar-refractivity contribution in [2.75, 3.05) is 0 Å². The molecule has 0 aliphatic rings. The molecule has 0 aliphatic heterocycles. The third-order valence-corrected chi connectivity index (χ3v) is 3.43. The zero-order valence-electron chi connectivity index (χ0n) is 8.19. The molecule has 4 nitrogen and oxygen atoms in total. The second-order valence-corrected chi connectivity index (χ2v) is 4.78. The number of H-pyrrole nitrogens is 2. The molecule has 6 heteroatoms. The molecule has 0 aromatic carbocycles. The summed E-state index contributed by atoms with van der Waals surface area (Å²) in [5, 5.41) is 7.15. The second kappa shape index (κ2) is 4.16. The first-order valence-electron chi connectivity index (χ1n) is 4.60. The molecule has 2 aromatic rings. The molecule has 2 heterocycles. The van der Waals surface area contributed by atoms with Crippen LogP contribution < -0.4 is 5.69 Å². The Morgan fingerprint density at radius 2 is 2.40 bits per heavy atom. The van der Waals surface area contributed by atoms with Crippen LogP contribution in [0.1, 0.15) is 17.8 Å². The van der Waals surface area contributed by atoms with E-state index in [9.17, 15) is 4.79 Å². The summed E-state index contributed by atoms with van der Waals surface area (Å²) in [6.45, 7) is 1.98. The van der Waals surface area contributed by atoms with Gasteiger partial charge in [0.2, 0.25) is 0 Å². The predicted molar refractivity (Wildman–Crippen MR) is 63.0 cm³/mol. The van der Waals surface area contributed by atoms with Crippen molar-refractivity contribution >= 4 is 23.6 Å². The maximum Gasteiger partial charge on any atom is 0.342 e. The van der Waals surface area contributed by atoms with E-state index in [1.54, 1.807) is 15.9 Å². The monoisotopic (exact) mass is 241 g/mol. The van der Waals surface area contributed by atoms with Gasteiger partial charge < -0.3 is 0 Å². The Hall–Kier alpha value is -1.14. The molecule has 2 rings (SSSR count). The third kappa shape index (κ3) is 2.10. The van der Waals surface area contributed by atoms with Gasteiger partial charge in [-0.1, -0.05) is 6.07 Å². The highest BCUT2D eigenvalue weighted by molar-refractivity contribution is 7.71. The molecule has 0 saturated carbocycles. The molecule has 1 unspecified atom stereocenters. The van der Waals surface area contributed by atoms with Crippen LogP contribution in [0.4, 0.5) is 0 Å². The number of aromatic nitrogens is 3. The first-order valence-corrected chi connectivity index (χ1v) is 5.89. The highest BCUT2D eigenvalue weighted by atomic mass is 32.1. The molecule has 0 spiro atoms. The molecule has 15 heavy (non-hydrogen) atoms. The van der Waals surface area contributed by atoms with Crippen molar-refractivity contribution in [3.63, 3.8) is 0 Å². The van der Waals surface area contributed by atoms with Crippen LogP contribution in [0.15, 0.2) is 22.3 Å². The second-order valence-electron chi connectivity index (χ2n) is 3.36. The number of hydrogen-bond acceptors (Lipinski definition) is 3. The highest BCUT2D eigenvalue weighted by Crippen LogP contribution is 2.16. The summed E-state index contributed by atoms with van der Waals surface area (Å²) in [6, 6.07) is 4.14. The number of aromatic amines is 2. The molecule has 0 amide bonds. The Balaban J connectivity index is 2.26. The third-order valence-electron chi connectivity index (χ3n) is 2.23. The zero-order chi connectivity index (χ0) is 10.8. The molecule has 80 valence electrons. The van der Waals surface area contributed by atoms with Crippen LogP contribution in [0.2, 0.25) is 0 Å².